The molecule has 0 spiro atoms. The summed E-state index contributed by atoms with van der Waals surface area (Å²) in [5.41, 5.74) is 0. The van der Waals surface area contributed by atoms with Crippen LogP contribution in [-0.4, -0.2) is 57.6 Å². The smallest absolute Gasteiger partial charge is 0.320 e. The molecule has 5 nitrogen and oxygen atoms in total. The van der Waals surface area contributed by atoms with E-state index < -0.39 is 39.4 Å². The molecule has 0 amide bonds. The normalized spacial score (nSPS) is 17.4. The fourth-order valence-electron chi connectivity index (χ4n) is 2.62. The molecule has 0 radical (unpaired) electrons. The van der Waals surface area contributed by atoms with E-state index in [1.54, 1.807) is 0 Å². The molecule has 0 aliphatic heterocycles. The Kier molecular flexibility index (Phi) is 9.89. The zero-order valence-electron chi connectivity index (χ0n) is 20.0. The van der Waals surface area contributed by atoms with Crippen LogP contribution in [0.5, 0.6) is 0 Å². The van der Waals surface area contributed by atoms with Crippen LogP contribution in [0.1, 0.15) is 13.3 Å². The fraction of sp³-hybridized carbons (Fsp3) is 0.944. The zero-order valence-corrected chi connectivity index (χ0v) is 24.0. The van der Waals surface area contributed by atoms with Crippen LogP contribution in [0.2, 0.25) is 78.6 Å². The van der Waals surface area contributed by atoms with Gasteiger partial charge in [0.15, 0.2) is 25.0 Å². The molecule has 0 N–H and O–H groups in total. The summed E-state index contributed by atoms with van der Waals surface area (Å²) in [7, 11) is -7.47. The molecule has 162 valence electrons. The Morgan fingerprint density at radius 3 is 1.41 bits per heavy atom. The number of hydrogen-bond donors (Lipinski definition) is 0. The lowest BCUT2D eigenvalue weighted by atomic mass is 10.1. The van der Waals surface area contributed by atoms with Crippen molar-refractivity contribution < 1.29 is 22.5 Å². The summed E-state index contributed by atoms with van der Waals surface area (Å²) in [6.07, 6.45) is -0.393. The third kappa shape index (κ3) is 14.8. The van der Waals surface area contributed by atoms with Crippen molar-refractivity contribution in [3.8, 4) is 0 Å². The topological polar surface area (TPSA) is 54.0 Å². The lowest BCUT2D eigenvalue weighted by molar-refractivity contribution is -0.145. The molecule has 1 unspecified atom stereocenters. The fourth-order valence-corrected chi connectivity index (χ4v) is 6.87. The Hall–Kier alpha value is 0.218. The average molecular weight is 453 g/mol. The molecule has 0 aliphatic carbocycles. The van der Waals surface area contributed by atoms with Gasteiger partial charge in [0, 0.05) is 6.42 Å². The van der Waals surface area contributed by atoms with E-state index in [0.29, 0.717) is 6.42 Å². The van der Waals surface area contributed by atoms with Crippen LogP contribution in [0.15, 0.2) is 0 Å². The first-order valence-corrected chi connectivity index (χ1v) is 23.6. The Balaban J connectivity index is 5.57. The van der Waals surface area contributed by atoms with Gasteiger partial charge < -0.3 is 17.7 Å². The molecule has 0 rings (SSSR count). The first-order chi connectivity index (χ1) is 11.7. The van der Waals surface area contributed by atoms with E-state index in [9.17, 15) is 4.79 Å². The lowest BCUT2D eigenvalue weighted by Gasteiger charge is -2.37. The quantitative estimate of drug-likeness (QED) is 0.391. The highest BCUT2D eigenvalue weighted by Gasteiger charge is 2.37. The van der Waals surface area contributed by atoms with Crippen LogP contribution in [0, 0.1) is 0 Å². The summed E-state index contributed by atoms with van der Waals surface area (Å²) in [6, 6.07) is 0. The van der Waals surface area contributed by atoms with E-state index in [0.717, 1.165) is 0 Å². The summed E-state index contributed by atoms with van der Waals surface area (Å²) >= 11 is 0. The van der Waals surface area contributed by atoms with E-state index in [1.165, 1.54) is 0 Å². The summed E-state index contributed by atoms with van der Waals surface area (Å²) in [5, 5.41) is 0. The molecule has 0 heterocycles. The number of carbonyl (C=O) groups is 1. The van der Waals surface area contributed by atoms with Gasteiger partial charge in [0.2, 0.25) is 8.32 Å². The van der Waals surface area contributed by atoms with Gasteiger partial charge in [0.05, 0.1) is 12.2 Å². The second-order valence-corrected chi connectivity index (χ2v) is 29.0. The van der Waals surface area contributed by atoms with Gasteiger partial charge in [-0.1, -0.05) is 0 Å². The van der Waals surface area contributed by atoms with E-state index >= 15 is 0 Å². The highest BCUT2D eigenvalue weighted by Crippen LogP contribution is 2.24. The summed E-state index contributed by atoms with van der Waals surface area (Å²) in [5.74, 6) is -0.249. The SMILES string of the molecule is CC(O[Si](C)(C)C)[C@H](C[C@H](O[Si](C)(C)C)C(=O)O[Si](C)(C)C)O[Si](C)(C)C. The second-order valence-electron chi connectivity index (χ2n) is 11.2. The molecule has 0 aromatic carbocycles. The number of hydrogen-bond acceptors (Lipinski definition) is 5. The van der Waals surface area contributed by atoms with Crippen LogP contribution in [0.25, 0.3) is 0 Å². The maximum absolute atomic E-state index is 12.9. The molecule has 9 heteroatoms. The van der Waals surface area contributed by atoms with Gasteiger partial charge in [-0.15, -0.1) is 0 Å². The summed E-state index contributed by atoms with van der Waals surface area (Å²) in [4.78, 5) is 12.9. The monoisotopic (exact) mass is 452 g/mol. The minimum atomic E-state index is -1.99. The lowest BCUT2D eigenvalue weighted by Crippen LogP contribution is -2.48. The van der Waals surface area contributed by atoms with Gasteiger partial charge in [-0.05, 0) is 85.5 Å². The third-order valence-corrected chi connectivity index (χ3v) is 7.07. The van der Waals surface area contributed by atoms with Gasteiger partial charge in [-0.3, -0.25) is 4.79 Å². The molecule has 0 aliphatic rings. The molecular formula is C18H44O5Si4. The molecule has 3 atom stereocenters. The minimum Gasteiger partial charge on any atom is -0.518 e. The zero-order chi connectivity index (χ0) is 21.8. The van der Waals surface area contributed by atoms with Crippen molar-refractivity contribution in [1.82, 2.24) is 0 Å². The maximum atomic E-state index is 12.9. The minimum absolute atomic E-state index is 0.0872. The van der Waals surface area contributed by atoms with Gasteiger partial charge in [0.25, 0.3) is 0 Å². The van der Waals surface area contributed by atoms with E-state index in [2.05, 4.69) is 65.8 Å². The molecule has 0 aromatic heterocycles. The Bertz CT molecular complexity index is 472. The maximum Gasteiger partial charge on any atom is 0.320 e. The predicted molar refractivity (Wildman–Crippen MR) is 124 cm³/mol. The van der Waals surface area contributed by atoms with Crippen LogP contribution in [0.3, 0.4) is 0 Å². The van der Waals surface area contributed by atoms with Crippen molar-refractivity contribution in [2.75, 3.05) is 0 Å². The van der Waals surface area contributed by atoms with Crippen LogP contribution in [-0.2, 0) is 22.5 Å². The summed E-state index contributed by atoms with van der Waals surface area (Å²) < 4.78 is 24.8. The van der Waals surface area contributed by atoms with Gasteiger partial charge in [-0.2, -0.15) is 0 Å². The Morgan fingerprint density at radius 1 is 0.667 bits per heavy atom. The van der Waals surface area contributed by atoms with Crippen molar-refractivity contribution in [2.24, 2.45) is 0 Å². The largest absolute Gasteiger partial charge is 0.518 e. The van der Waals surface area contributed by atoms with Crippen LogP contribution >= 0.6 is 0 Å². The molecule has 0 aromatic rings. The number of carbonyl (C=O) groups excluding carboxylic acids is 1. The number of rotatable bonds is 11. The second kappa shape index (κ2) is 9.81. The first-order valence-electron chi connectivity index (χ1n) is 9.95. The Morgan fingerprint density at radius 2 is 1.07 bits per heavy atom. The molecule has 0 saturated carbocycles. The average Bonchev–Trinajstić information content (AvgIpc) is 2.29. The molecule has 0 saturated heterocycles. The molecule has 27 heavy (non-hydrogen) atoms. The van der Waals surface area contributed by atoms with E-state index in [-0.39, 0.29) is 18.2 Å². The van der Waals surface area contributed by atoms with Gasteiger partial charge in [0.1, 0.15) is 6.10 Å². The highest BCUT2D eigenvalue weighted by atomic mass is 28.4. The van der Waals surface area contributed by atoms with Crippen LogP contribution < -0.4 is 0 Å². The molecule has 0 bridgehead atoms. The van der Waals surface area contributed by atoms with Crippen molar-refractivity contribution >= 4 is 39.2 Å². The van der Waals surface area contributed by atoms with E-state index in [4.69, 9.17) is 17.7 Å². The van der Waals surface area contributed by atoms with Gasteiger partial charge in [-0.25, -0.2) is 0 Å². The van der Waals surface area contributed by atoms with Crippen LogP contribution in [0.4, 0.5) is 0 Å². The molecular weight excluding hydrogens is 409 g/mol. The molecule has 0 fully saturated rings. The third-order valence-electron chi connectivity index (χ3n) is 3.18. The highest BCUT2D eigenvalue weighted by molar-refractivity contribution is 6.72. The first kappa shape index (κ1) is 27.2. The van der Waals surface area contributed by atoms with Gasteiger partial charge >= 0.3 is 5.97 Å². The predicted octanol–water partition coefficient (Wildman–Crippen LogP) is 5.43. The Labute approximate surface area is 172 Å². The van der Waals surface area contributed by atoms with Crippen molar-refractivity contribution in [2.45, 2.75) is 110 Å². The summed E-state index contributed by atoms with van der Waals surface area (Å²) in [6.45, 7) is 27.4. The van der Waals surface area contributed by atoms with Crippen molar-refractivity contribution in [1.29, 1.82) is 0 Å². The van der Waals surface area contributed by atoms with Crippen molar-refractivity contribution in [3.63, 3.8) is 0 Å². The standard InChI is InChI=1S/C18H44O5Si4/c1-15(20-24(2,3)4)16(21-25(5,6)7)14-17(22-26(8,9)10)18(19)23-27(11,12)13/h15-17H,14H2,1-13H3/t15?,16-,17-/m0/s1. The van der Waals surface area contributed by atoms with E-state index in [1.807, 2.05) is 19.6 Å². The van der Waals surface area contributed by atoms with Crippen molar-refractivity contribution in [3.05, 3.63) is 0 Å².